The number of aromatic nitrogens is 2. The fraction of sp³-hybridized carbons (Fsp3) is 0.143. The molecule has 0 radical (unpaired) electrons. The smallest absolute Gasteiger partial charge is 0.190 e. The normalized spacial score (nSPS) is 9.25. The second-order valence-corrected chi connectivity index (χ2v) is 2.93. The SMILES string of the molecule is C#CCSc1ncc(N)c(N)n1. The molecule has 0 spiro atoms. The van der Waals surface area contributed by atoms with Gasteiger partial charge in [-0.25, -0.2) is 9.97 Å². The van der Waals surface area contributed by atoms with Crippen molar-refractivity contribution in [1.29, 1.82) is 0 Å². The van der Waals surface area contributed by atoms with E-state index in [1.807, 2.05) is 0 Å². The van der Waals surface area contributed by atoms with Gasteiger partial charge in [0.2, 0.25) is 0 Å². The maximum Gasteiger partial charge on any atom is 0.190 e. The van der Waals surface area contributed by atoms with Gasteiger partial charge in [-0.2, -0.15) is 0 Å². The summed E-state index contributed by atoms with van der Waals surface area (Å²) in [5.74, 6) is 3.29. The average Bonchev–Trinajstić information content (AvgIpc) is 2.07. The molecule has 0 bridgehead atoms. The quantitative estimate of drug-likeness (QED) is 0.390. The van der Waals surface area contributed by atoms with Gasteiger partial charge in [-0.15, -0.1) is 6.42 Å². The maximum atomic E-state index is 5.45. The molecule has 1 aromatic heterocycles. The van der Waals surface area contributed by atoms with Gasteiger partial charge in [-0.1, -0.05) is 17.7 Å². The van der Waals surface area contributed by atoms with Crippen LogP contribution in [0.5, 0.6) is 0 Å². The molecule has 0 atom stereocenters. The molecule has 62 valence electrons. The van der Waals surface area contributed by atoms with E-state index in [9.17, 15) is 0 Å². The molecule has 4 N–H and O–H groups in total. The molecule has 1 rings (SSSR count). The molecule has 0 amide bonds. The summed E-state index contributed by atoms with van der Waals surface area (Å²) in [6, 6.07) is 0. The van der Waals surface area contributed by atoms with Crippen LogP contribution in [-0.4, -0.2) is 15.7 Å². The Morgan fingerprint density at radius 1 is 1.58 bits per heavy atom. The third-order valence-electron chi connectivity index (χ3n) is 1.11. The van der Waals surface area contributed by atoms with E-state index in [0.717, 1.165) is 0 Å². The second-order valence-electron chi connectivity index (χ2n) is 1.99. The van der Waals surface area contributed by atoms with Crippen molar-refractivity contribution in [2.75, 3.05) is 17.2 Å². The third kappa shape index (κ3) is 2.04. The Morgan fingerprint density at radius 2 is 2.33 bits per heavy atom. The van der Waals surface area contributed by atoms with Gasteiger partial charge in [0, 0.05) is 0 Å². The number of nitrogens with two attached hydrogens (primary N) is 2. The first kappa shape index (κ1) is 8.68. The molecule has 12 heavy (non-hydrogen) atoms. The van der Waals surface area contributed by atoms with E-state index in [4.69, 9.17) is 17.9 Å². The Labute approximate surface area is 74.8 Å². The summed E-state index contributed by atoms with van der Waals surface area (Å²) in [6.07, 6.45) is 6.54. The van der Waals surface area contributed by atoms with Crippen molar-refractivity contribution < 1.29 is 0 Å². The van der Waals surface area contributed by atoms with Crippen LogP contribution in [0.25, 0.3) is 0 Å². The molecule has 0 aliphatic rings. The van der Waals surface area contributed by atoms with Crippen molar-refractivity contribution in [2.45, 2.75) is 5.16 Å². The van der Waals surface area contributed by atoms with Crippen LogP contribution in [0.3, 0.4) is 0 Å². The Morgan fingerprint density at radius 3 is 2.92 bits per heavy atom. The van der Waals surface area contributed by atoms with Crippen LogP contribution in [0, 0.1) is 12.3 Å². The lowest BCUT2D eigenvalue weighted by molar-refractivity contribution is 0.982. The Balaban J connectivity index is 2.77. The Hall–Kier alpha value is -1.41. The van der Waals surface area contributed by atoms with E-state index in [2.05, 4.69) is 15.9 Å². The predicted octanol–water partition coefficient (Wildman–Crippen LogP) is 0.366. The molecule has 0 saturated heterocycles. The minimum atomic E-state index is 0.296. The first-order chi connectivity index (χ1) is 5.74. The number of terminal acetylenes is 1. The summed E-state index contributed by atoms with van der Waals surface area (Å²) in [5.41, 5.74) is 11.3. The monoisotopic (exact) mass is 180 g/mol. The zero-order valence-electron chi connectivity index (χ0n) is 6.32. The standard InChI is InChI=1S/C7H8N4S/c1-2-3-12-7-10-4-5(8)6(9)11-7/h1,4H,3,8H2,(H2,9,10,11). The number of nitrogens with zero attached hydrogens (tertiary/aromatic N) is 2. The Bertz CT molecular complexity index is 318. The van der Waals surface area contributed by atoms with Crippen molar-refractivity contribution in [3.8, 4) is 12.3 Å². The highest BCUT2D eigenvalue weighted by molar-refractivity contribution is 7.99. The average molecular weight is 180 g/mol. The molecule has 4 nitrogen and oxygen atoms in total. The van der Waals surface area contributed by atoms with E-state index < -0.39 is 0 Å². The summed E-state index contributed by atoms with van der Waals surface area (Å²) in [6.45, 7) is 0. The molecule has 5 heteroatoms. The van der Waals surface area contributed by atoms with Crippen LogP contribution >= 0.6 is 11.8 Å². The molecule has 0 aromatic carbocycles. The molecular formula is C7H8N4S. The summed E-state index contributed by atoms with van der Waals surface area (Å²) < 4.78 is 0. The zero-order chi connectivity index (χ0) is 8.97. The van der Waals surface area contributed by atoms with Crippen LogP contribution in [-0.2, 0) is 0 Å². The van der Waals surface area contributed by atoms with E-state index in [1.54, 1.807) is 0 Å². The maximum absolute atomic E-state index is 5.45. The number of nitrogen functional groups attached to an aromatic ring is 2. The van der Waals surface area contributed by atoms with E-state index in [1.165, 1.54) is 18.0 Å². The minimum absolute atomic E-state index is 0.296. The van der Waals surface area contributed by atoms with Crippen LogP contribution in [0.4, 0.5) is 11.5 Å². The number of hydrogen-bond donors (Lipinski definition) is 2. The largest absolute Gasteiger partial charge is 0.394 e. The van der Waals surface area contributed by atoms with Gasteiger partial charge < -0.3 is 11.5 Å². The number of anilines is 2. The summed E-state index contributed by atoms with van der Waals surface area (Å²) in [7, 11) is 0. The zero-order valence-corrected chi connectivity index (χ0v) is 7.14. The minimum Gasteiger partial charge on any atom is -0.394 e. The van der Waals surface area contributed by atoms with Crippen molar-refractivity contribution in [3.63, 3.8) is 0 Å². The van der Waals surface area contributed by atoms with E-state index >= 15 is 0 Å². The number of rotatable bonds is 2. The molecule has 0 saturated carbocycles. The van der Waals surface area contributed by atoms with Crippen molar-refractivity contribution >= 4 is 23.3 Å². The number of hydrogen-bond acceptors (Lipinski definition) is 5. The highest BCUT2D eigenvalue weighted by Crippen LogP contribution is 2.16. The molecular weight excluding hydrogens is 172 g/mol. The Kier molecular flexibility index (Phi) is 2.77. The van der Waals surface area contributed by atoms with Crippen molar-refractivity contribution in [1.82, 2.24) is 9.97 Å². The van der Waals surface area contributed by atoms with Gasteiger partial charge in [-0.3, -0.25) is 0 Å². The molecule has 0 aliphatic heterocycles. The topological polar surface area (TPSA) is 77.8 Å². The summed E-state index contributed by atoms with van der Waals surface area (Å²) in [5, 5.41) is 0.555. The van der Waals surface area contributed by atoms with Crippen LogP contribution in [0.15, 0.2) is 11.4 Å². The van der Waals surface area contributed by atoms with Crippen LogP contribution in [0.1, 0.15) is 0 Å². The van der Waals surface area contributed by atoms with Gasteiger partial charge in [-0.05, 0) is 0 Å². The highest BCUT2D eigenvalue weighted by atomic mass is 32.2. The second kappa shape index (κ2) is 3.83. The lowest BCUT2D eigenvalue weighted by Crippen LogP contribution is -2.00. The molecule has 1 aromatic rings. The van der Waals surface area contributed by atoms with Crippen LogP contribution < -0.4 is 11.5 Å². The van der Waals surface area contributed by atoms with Gasteiger partial charge in [0.05, 0.1) is 17.6 Å². The first-order valence-corrected chi connectivity index (χ1v) is 4.17. The van der Waals surface area contributed by atoms with Gasteiger partial charge >= 0.3 is 0 Å². The predicted molar refractivity (Wildman–Crippen MR) is 50.4 cm³/mol. The highest BCUT2D eigenvalue weighted by Gasteiger charge is 1.99. The molecule has 0 fully saturated rings. The van der Waals surface area contributed by atoms with Crippen molar-refractivity contribution in [3.05, 3.63) is 6.20 Å². The van der Waals surface area contributed by atoms with E-state index in [-0.39, 0.29) is 0 Å². The van der Waals surface area contributed by atoms with Gasteiger partial charge in [0.1, 0.15) is 0 Å². The van der Waals surface area contributed by atoms with Gasteiger partial charge in [0.15, 0.2) is 11.0 Å². The first-order valence-electron chi connectivity index (χ1n) is 3.18. The molecule has 1 heterocycles. The summed E-state index contributed by atoms with van der Waals surface area (Å²) >= 11 is 1.35. The molecule has 0 aliphatic carbocycles. The van der Waals surface area contributed by atoms with E-state index in [0.29, 0.717) is 22.4 Å². The van der Waals surface area contributed by atoms with Crippen LogP contribution in [0.2, 0.25) is 0 Å². The van der Waals surface area contributed by atoms with Crippen molar-refractivity contribution in [2.24, 2.45) is 0 Å². The lowest BCUT2D eigenvalue weighted by Gasteiger charge is -1.99. The summed E-state index contributed by atoms with van der Waals surface area (Å²) in [4.78, 5) is 7.85. The fourth-order valence-corrected chi connectivity index (χ4v) is 1.07. The fourth-order valence-electron chi connectivity index (χ4n) is 0.563. The molecule has 0 unspecified atom stereocenters. The third-order valence-corrected chi connectivity index (χ3v) is 1.88. The lowest BCUT2D eigenvalue weighted by atomic mass is 10.5. The van der Waals surface area contributed by atoms with Gasteiger partial charge in [0.25, 0.3) is 0 Å². The number of thioether (sulfide) groups is 1.